The summed E-state index contributed by atoms with van der Waals surface area (Å²) in [5.74, 6) is 4.23. The number of likely N-dealkylation sites (N-methyl/N-ethyl adjacent to an activating group) is 1. The minimum atomic E-state index is -0.316. The van der Waals surface area contributed by atoms with Gasteiger partial charge >= 0.3 is 0 Å². The lowest BCUT2D eigenvalue weighted by molar-refractivity contribution is -0.00571. The van der Waals surface area contributed by atoms with E-state index in [2.05, 4.69) is 68.0 Å². The molecule has 6 bridgehead atoms. The van der Waals surface area contributed by atoms with E-state index in [4.69, 9.17) is 73.3 Å². The Kier molecular flexibility index (Phi) is 17.0. The number of piperidine rings is 2. The van der Waals surface area contributed by atoms with E-state index in [1.165, 1.54) is 0 Å². The SMILES string of the molecule is CC=C(C)c1ccc2c(N3CC4CC(NC(=O)c5cccc(-c6ccc7c(N8CC9COC(C8)C9NC(=O)c8cccc(-c9ccc%10c(N%11CC%12COC(C%12)C%11)nc(N%11CCOCC%11C)nc%10n9)c8)nc(N8CC(C)OC(C)C8)nc7n6)c5)C(C3)O4)nc(N(C)CCOC)nc2n1. The quantitative estimate of drug-likeness (QED) is 0.0987. The fourth-order valence-corrected chi connectivity index (χ4v) is 15.5. The van der Waals surface area contributed by atoms with Gasteiger partial charge in [-0.15, -0.1) is 0 Å². The van der Waals surface area contributed by atoms with Crippen molar-refractivity contribution in [2.45, 2.75) is 102 Å². The molecule has 25 nitrogen and oxygen atoms in total. The Bertz CT molecular complexity index is 4340. The number of nitrogens with one attached hydrogen (secondary N) is 2. The van der Waals surface area contributed by atoms with E-state index in [0.717, 1.165) is 82.1 Å². The van der Waals surface area contributed by atoms with Crippen LogP contribution in [-0.2, 0) is 28.4 Å². The van der Waals surface area contributed by atoms with Gasteiger partial charge in [-0.3, -0.25) is 9.59 Å². The van der Waals surface area contributed by atoms with E-state index in [9.17, 15) is 9.59 Å². The molecule has 504 valence electrons. The van der Waals surface area contributed by atoms with Gasteiger partial charge in [-0.05, 0) is 114 Å². The highest BCUT2D eigenvalue weighted by Gasteiger charge is 2.46. The van der Waals surface area contributed by atoms with Gasteiger partial charge < -0.3 is 68.5 Å². The first-order chi connectivity index (χ1) is 47.2. The number of hydrogen-bond acceptors (Lipinski definition) is 23. The molecule has 8 aliphatic heterocycles. The van der Waals surface area contributed by atoms with Crippen molar-refractivity contribution in [1.29, 1.82) is 0 Å². The van der Waals surface area contributed by atoms with Crippen molar-refractivity contribution in [3.8, 4) is 22.5 Å². The van der Waals surface area contributed by atoms with Gasteiger partial charge in [0.2, 0.25) is 17.8 Å². The molecule has 8 fully saturated rings. The number of morpholine rings is 3. The molecule has 97 heavy (non-hydrogen) atoms. The van der Waals surface area contributed by atoms with Gasteiger partial charge in [0, 0.05) is 114 Å². The van der Waals surface area contributed by atoms with Gasteiger partial charge in [-0.25, -0.2) is 15.0 Å². The third-order valence-electron chi connectivity index (χ3n) is 20.6. The Morgan fingerprint density at radius 1 is 0.619 bits per heavy atom. The summed E-state index contributed by atoms with van der Waals surface area (Å²) < 4.78 is 36.6. The second-order valence-corrected chi connectivity index (χ2v) is 27.6. The molecule has 0 spiro atoms. The summed E-state index contributed by atoms with van der Waals surface area (Å²) in [6, 6.07) is 27.1. The number of nitrogens with zero attached hydrogens (tertiary/aromatic N) is 15. The average Bonchev–Trinajstić information content (AvgIpc) is 1.62. The number of ether oxygens (including phenoxy) is 6. The van der Waals surface area contributed by atoms with E-state index in [0.29, 0.717) is 148 Å². The summed E-state index contributed by atoms with van der Waals surface area (Å²) in [6.45, 7) is 19.7. The number of carbonyl (C=O) groups excluding carboxylic acids is 2. The summed E-state index contributed by atoms with van der Waals surface area (Å²) >= 11 is 0. The van der Waals surface area contributed by atoms with Crippen LogP contribution in [-0.4, -0.2) is 224 Å². The number of allylic oxidation sites excluding steroid dienone is 2. The van der Waals surface area contributed by atoms with E-state index in [-0.39, 0.29) is 72.5 Å². The van der Waals surface area contributed by atoms with Gasteiger partial charge in [-0.2, -0.15) is 29.9 Å². The highest BCUT2D eigenvalue weighted by Crippen LogP contribution is 2.40. The molecular weight excluding hydrogens is 1230 g/mol. The molecule has 2 aromatic carbocycles. The number of benzene rings is 2. The van der Waals surface area contributed by atoms with E-state index >= 15 is 0 Å². The first kappa shape index (κ1) is 62.9. The lowest BCUT2D eigenvalue weighted by Gasteiger charge is -2.39. The minimum absolute atomic E-state index is 0.0381. The largest absolute Gasteiger partial charge is 0.383 e. The van der Waals surface area contributed by atoms with Crippen LogP contribution in [0.3, 0.4) is 0 Å². The van der Waals surface area contributed by atoms with Gasteiger partial charge in [-0.1, -0.05) is 30.3 Å². The van der Waals surface area contributed by atoms with Gasteiger partial charge in [0.05, 0.1) is 121 Å². The summed E-state index contributed by atoms with van der Waals surface area (Å²) in [6.07, 6.45) is 3.17. The Morgan fingerprint density at radius 2 is 1.26 bits per heavy atom. The third kappa shape index (κ3) is 12.5. The molecule has 8 aliphatic rings. The number of anilines is 6. The van der Waals surface area contributed by atoms with Crippen LogP contribution in [0.4, 0.5) is 35.3 Å². The van der Waals surface area contributed by atoms with Crippen molar-refractivity contribution in [2.24, 2.45) is 11.8 Å². The van der Waals surface area contributed by atoms with Crippen molar-refractivity contribution in [2.75, 3.05) is 142 Å². The van der Waals surface area contributed by atoms with Gasteiger partial charge in [0.15, 0.2) is 16.9 Å². The summed E-state index contributed by atoms with van der Waals surface area (Å²) in [4.78, 5) is 88.5. The Balaban J connectivity index is 0.624. The van der Waals surface area contributed by atoms with Crippen LogP contribution >= 0.6 is 0 Å². The van der Waals surface area contributed by atoms with Gasteiger partial charge in [0.25, 0.3) is 11.8 Å². The molecule has 8 saturated heterocycles. The number of aromatic nitrogens is 9. The number of fused-ring (bicyclic) bond motifs is 9. The molecule has 2 N–H and O–H groups in total. The first-order valence-electron chi connectivity index (χ1n) is 34.3. The average molecular weight is 1310 g/mol. The maximum Gasteiger partial charge on any atom is 0.251 e. The zero-order valence-corrected chi connectivity index (χ0v) is 56.0. The number of pyridine rings is 3. The molecule has 2 amide bonds. The summed E-state index contributed by atoms with van der Waals surface area (Å²) in [5.41, 5.74) is 7.68. The molecule has 25 heteroatoms. The maximum absolute atomic E-state index is 14.5. The monoisotopic (exact) mass is 1310 g/mol. The molecule has 14 heterocycles. The molecule has 8 aromatic rings. The number of rotatable bonds is 16. The molecule has 16 rings (SSSR count). The van der Waals surface area contributed by atoms with Crippen LogP contribution in [0.25, 0.3) is 61.2 Å². The predicted octanol–water partition coefficient (Wildman–Crippen LogP) is 7.01. The first-order valence-corrected chi connectivity index (χ1v) is 34.3. The van der Waals surface area contributed by atoms with E-state index in [1.54, 1.807) is 7.11 Å². The lowest BCUT2D eigenvalue weighted by atomic mass is 9.93. The zero-order chi connectivity index (χ0) is 66.2. The predicted molar refractivity (Wildman–Crippen MR) is 371 cm³/mol. The topological polar surface area (TPSA) is 249 Å². The molecular formula is C72H83N17O8. The second-order valence-electron chi connectivity index (χ2n) is 27.6. The number of carbonyl (C=O) groups is 2. The van der Waals surface area contributed by atoms with Crippen LogP contribution in [0, 0.1) is 11.8 Å². The molecule has 0 radical (unpaired) electrons. The normalized spacial score (nSPS) is 26.4. The molecule has 0 aliphatic carbocycles. The molecule has 6 aromatic heterocycles. The summed E-state index contributed by atoms with van der Waals surface area (Å²) in [7, 11) is 3.64. The van der Waals surface area contributed by atoms with Crippen LogP contribution in [0.5, 0.6) is 0 Å². The van der Waals surface area contributed by atoms with Crippen LogP contribution in [0.15, 0.2) is 91.0 Å². The number of amides is 2. The van der Waals surface area contributed by atoms with Crippen molar-refractivity contribution in [1.82, 2.24) is 55.5 Å². The standard InChI is InChI=1S/C72H83N17O8/c1-8-40(2)55-18-15-52-62(73-55)78-70(84(6)21-23-92-7)81-65(52)87-34-51-28-58(59(35-87)97-51)76-68(90)47-13-9-11-45(26-47)56-19-16-53-63(74-56)79-71(88-29-42(4)96-43(5)30-88)82-66(53)86-32-49-39-95-60(36-86)61(49)77-69(91)48-14-10-12-46(27-48)57-20-17-54-64(75-57)80-72(89-22-24-93-37-41(89)3)83-67(54)85-31-44-25-50(33-85)94-38-44/h8-20,26-27,41-44,49-51,58-61H,21-25,28-39H2,1-7H3,(H,76,90)(H,77,91). The van der Waals surface area contributed by atoms with Crippen LogP contribution in [0.1, 0.15) is 73.9 Å². The van der Waals surface area contributed by atoms with Crippen molar-refractivity contribution >= 4 is 85.8 Å². The minimum Gasteiger partial charge on any atom is -0.383 e. The van der Waals surface area contributed by atoms with Crippen LogP contribution < -0.4 is 40.0 Å². The molecule has 11 unspecified atom stereocenters. The highest BCUT2D eigenvalue weighted by molar-refractivity contribution is 5.98. The molecule has 0 saturated carbocycles. The Hall–Kier alpha value is -8.85. The molecule has 11 atom stereocenters. The van der Waals surface area contributed by atoms with Crippen LogP contribution in [0.2, 0.25) is 0 Å². The lowest BCUT2D eigenvalue weighted by Crippen LogP contribution is -2.56. The van der Waals surface area contributed by atoms with Crippen molar-refractivity contribution < 1.29 is 38.0 Å². The van der Waals surface area contributed by atoms with E-state index < -0.39 is 0 Å². The van der Waals surface area contributed by atoms with E-state index in [1.807, 2.05) is 105 Å². The fourth-order valence-electron chi connectivity index (χ4n) is 15.5. The third-order valence-corrected chi connectivity index (χ3v) is 20.6. The maximum atomic E-state index is 14.5. The van der Waals surface area contributed by atoms with Crippen molar-refractivity contribution in [3.63, 3.8) is 0 Å². The Morgan fingerprint density at radius 3 is 1.95 bits per heavy atom. The second kappa shape index (κ2) is 26.2. The van der Waals surface area contributed by atoms with Gasteiger partial charge in [0.1, 0.15) is 17.5 Å². The number of hydrogen-bond donors (Lipinski definition) is 2. The summed E-state index contributed by atoms with van der Waals surface area (Å²) in [5, 5.41) is 9.30. The smallest absolute Gasteiger partial charge is 0.251 e. The Labute approximate surface area is 563 Å². The number of methoxy groups -OCH3 is 1. The fraction of sp³-hybridized carbons (Fsp3) is 0.486. The van der Waals surface area contributed by atoms with Crippen molar-refractivity contribution in [3.05, 3.63) is 108 Å². The highest BCUT2D eigenvalue weighted by atomic mass is 16.5. The zero-order valence-electron chi connectivity index (χ0n) is 56.0.